The zero-order valence-electron chi connectivity index (χ0n) is 9.41. The average Bonchev–Trinajstić information content (AvgIpc) is 2.81. The van der Waals surface area contributed by atoms with Crippen LogP contribution >= 0.6 is 11.6 Å². The number of hydrogen-bond acceptors (Lipinski definition) is 5. The van der Waals surface area contributed by atoms with Gasteiger partial charge in [-0.25, -0.2) is 9.97 Å². The Morgan fingerprint density at radius 2 is 2.05 bits per heavy atom. The van der Waals surface area contributed by atoms with Gasteiger partial charge in [0.15, 0.2) is 5.58 Å². The molecule has 6 nitrogen and oxygen atoms in total. The van der Waals surface area contributed by atoms with Gasteiger partial charge in [0.25, 0.3) is 5.69 Å². The average molecular weight is 276 g/mol. The van der Waals surface area contributed by atoms with Gasteiger partial charge < -0.3 is 4.42 Å². The first-order chi connectivity index (χ1) is 9.13. The van der Waals surface area contributed by atoms with Gasteiger partial charge in [-0.3, -0.25) is 10.1 Å². The van der Waals surface area contributed by atoms with Crippen LogP contribution in [0.15, 0.2) is 40.8 Å². The number of hydrogen-bond donors (Lipinski definition) is 0. The molecule has 0 saturated heterocycles. The normalized spacial score (nSPS) is 10.8. The minimum Gasteiger partial charge on any atom is -0.435 e. The molecule has 94 valence electrons. The Labute approximate surface area is 111 Å². The molecule has 0 fully saturated rings. The Morgan fingerprint density at radius 3 is 2.79 bits per heavy atom. The maximum absolute atomic E-state index is 10.7. The molecule has 0 bridgehead atoms. The Bertz CT molecular complexity index is 785. The van der Waals surface area contributed by atoms with E-state index in [0.29, 0.717) is 21.9 Å². The van der Waals surface area contributed by atoms with Crippen molar-refractivity contribution in [3.8, 4) is 11.6 Å². The number of fused-ring (bicyclic) bond motifs is 1. The Kier molecular flexibility index (Phi) is 2.64. The number of rotatable bonds is 2. The van der Waals surface area contributed by atoms with E-state index >= 15 is 0 Å². The Morgan fingerprint density at radius 1 is 1.21 bits per heavy atom. The molecular formula is C12H6ClN3O3. The van der Waals surface area contributed by atoms with Crippen molar-refractivity contribution in [3.63, 3.8) is 0 Å². The van der Waals surface area contributed by atoms with Crippen molar-refractivity contribution in [2.24, 2.45) is 0 Å². The van der Waals surface area contributed by atoms with Crippen LogP contribution in [0.25, 0.3) is 22.7 Å². The summed E-state index contributed by atoms with van der Waals surface area (Å²) in [5, 5.41) is 11.0. The maximum atomic E-state index is 10.7. The van der Waals surface area contributed by atoms with Gasteiger partial charge in [0.2, 0.25) is 5.89 Å². The molecule has 0 radical (unpaired) electrons. The molecule has 0 aliphatic carbocycles. The molecule has 0 amide bonds. The fourth-order valence-electron chi connectivity index (χ4n) is 1.67. The predicted octanol–water partition coefficient (Wildman–Crippen LogP) is 3.45. The lowest BCUT2D eigenvalue weighted by molar-refractivity contribution is -0.384. The van der Waals surface area contributed by atoms with E-state index in [1.54, 1.807) is 18.2 Å². The van der Waals surface area contributed by atoms with Crippen LogP contribution in [0.3, 0.4) is 0 Å². The summed E-state index contributed by atoms with van der Waals surface area (Å²) >= 11 is 5.79. The third kappa shape index (κ3) is 2.13. The van der Waals surface area contributed by atoms with E-state index in [2.05, 4.69) is 9.97 Å². The first kappa shape index (κ1) is 11.6. The van der Waals surface area contributed by atoms with Crippen LogP contribution in [0.5, 0.6) is 0 Å². The fourth-order valence-corrected chi connectivity index (χ4v) is 1.83. The second kappa shape index (κ2) is 4.33. The summed E-state index contributed by atoms with van der Waals surface area (Å²) < 4.78 is 5.49. The van der Waals surface area contributed by atoms with E-state index in [4.69, 9.17) is 16.0 Å². The van der Waals surface area contributed by atoms with Crippen LogP contribution in [0.4, 0.5) is 5.69 Å². The molecule has 7 heteroatoms. The Balaban J connectivity index is 2.14. The molecule has 1 aromatic carbocycles. The molecule has 0 unspecified atom stereocenters. The van der Waals surface area contributed by atoms with Crippen molar-refractivity contribution in [1.82, 2.24) is 9.97 Å². The molecule has 0 saturated carbocycles. The number of halogens is 1. The van der Waals surface area contributed by atoms with Crippen molar-refractivity contribution < 1.29 is 9.34 Å². The number of pyridine rings is 1. The monoisotopic (exact) mass is 275 g/mol. The topological polar surface area (TPSA) is 82.1 Å². The van der Waals surface area contributed by atoms with Crippen LogP contribution < -0.4 is 0 Å². The molecule has 2 heterocycles. The van der Waals surface area contributed by atoms with Crippen LogP contribution in [-0.2, 0) is 0 Å². The van der Waals surface area contributed by atoms with Crippen LogP contribution in [-0.4, -0.2) is 14.9 Å². The highest BCUT2D eigenvalue weighted by Crippen LogP contribution is 2.26. The summed E-state index contributed by atoms with van der Waals surface area (Å²) in [5.74, 6) is 0.276. The third-order valence-electron chi connectivity index (χ3n) is 2.52. The van der Waals surface area contributed by atoms with Crippen molar-refractivity contribution >= 4 is 28.4 Å². The third-order valence-corrected chi connectivity index (χ3v) is 2.73. The molecule has 0 atom stereocenters. The van der Waals surface area contributed by atoms with Gasteiger partial charge in [0, 0.05) is 12.1 Å². The highest BCUT2D eigenvalue weighted by Gasteiger charge is 2.13. The number of nitro benzene ring substituents is 1. The van der Waals surface area contributed by atoms with E-state index in [1.165, 1.54) is 18.2 Å². The molecule has 19 heavy (non-hydrogen) atoms. The lowest BCUT2D eigenvalue weighted by Crippen LogP contribution is -1.86. The number of oxazole rings is 1. The summed E-state index contributed by atoms with van der Waals surface area (Å²) in [6.45, 7) is 0. The van der Waals surface area contributed by atoms with Crippen molar-refractivity contribution in [1.29, 1.82) is 0 Å². The number of nitro groups is 1. The van der Waals surface area contributed by atoms with E-state index in [0.717, 1.165) is 0 Å². The zero-order valence-corrected chi connectivity index (χ0v) is 10.2. The van der Waals surface area contributed by atoms with Gasteiger partial charge in [-0.15, -0.1) is 0 Å². The molecule has 0 aliphatic rings. The van der Waals surface area contributed by atoms with Crippen LogP contribution in [0.2, 0.25) is 5.15 Å². The molecule has 3 rings (SSSR count). The van der Waals surface area contributed by atoms with Gasteiger partial charge in [-0.1, -0.05) is 17.7 Å². The molecule has 0 aliphatic heterocycles. The molecule has 0 N–H and O–H groups in total. The number of aromatic nitrogens is 2. The highest BCUT2D eigenvalue weighted by molar-refractivity contribution is 6.29. The quantitative estimate of drug-likeness (QED) is 0.406. The predicted molar refractivity (Wildman–Crippen MR) is 68.9 cm³/mol. The largest absolute Gasteiger partial charge is 0.435 e. The van der Waals surface area contributed by atoms with E-state index < -0.39 is 4.92 Å². The van der Waals surface area contributed by atoms with Crippen molar-refractivity contribution in [2.75, 3.05) is 0 Å². The summed E-state index contributed by atoms with van der Waals surface area (Å²) in [5.41, 5.74) is 1.31. The van der Waals surface area contributed by atoms with Gasteiger partial charge in [-0.2, -0.15) is 0 Å². The second-order valence-electron chi connectivity index (χ2n) is 3.77. The lowest BCUT2D eigenvalue weighted by atomic mass is 10.3. The number of non-ortho nitro benzene ring substituents is 1. The summed E-state index contributed by atoms with van der Waals surface area (Å²) in [4.78, 5) is 18.4. The van der Waals surface area contributed by atoms with Gasteiger partial charge in [0.05, 0.1) is 4.92 Å². The molecule has 0 spiro atoms. The van der Waals surface area contributed by atoms with Gasteiger partial charge >= 0.3 is 0 Å². The van der Waals surface area contributed by atoms with Gasteiger partial charge in [0.1, 0.15) is 16.4 Å². The molecular weight excluding hydrogens is 270 g/mol. The van der Waals surface area contributed by atoms with Crippen molar-refractivity contribution in [2.45, 2.75) is 0 Å². The summed E-state index contributed by atoms with van der Waals surface area (Å²) in [7, 11) is 0. The minimum absolute atomic E-state index is 0.0357. The highest BCUT2D eigenvalue weighted by atomic mass is 35.5. The van der Waals surface area contributed by atoms with Crippen LogP contribution in [0.1, 0.15) is 0 Å². The van der Waals surface area contributed by atoms with E-state index in [1.807, 2.05) is 0 Å². The van der Waals surface area contributed by atoms with Crippen molar-refractivity contribution in [3.05, 3.63) is 51.7 Å². The number of benzene rings is 1. The zero-order chi connectivity index (χ0) is 13.4. The number of nitrogens with zero attached hydrogens (tertiary/aromatic N) is 3. The van der Waals surface area contributed by atoms with Crippen LogP contribution in [0, 0.1) is 10.1 Å². The SMILES string of the molecule is O=[N+]([O-])c1ccc2oc(-c3cccc(Cl)n3)nc2c1. The lowest BCUT2D eigenvalue weighted by Gasteiger charge is -1.93. The van der Waals surface area contributed by atoms with Gasteiger partial charge in [-0.05, 0) is 18.2 Å². The standard InChI is InChI=1S/C12H6ClN3O3/c13-11-3-1-2-8(14-11)12-15-9-6-7(16(17)18)4-5-10(9)19-12/h1-6H. The molecule has 3 aromatic rings. The summed E-state index contributed by atoms with van der Waals surface area (Å²) in [6.07, 6.45) is 0. The smallest absolute Gasteiger partial charge is 0.271 e. The first-order valence-electron chi connectivity index (χ1n) is 5.31. The summed E-state index contributed by atoms with van der Waals surface area (Å²) in [6, 6.07) is 9.29. The Hall–Kier alpha value is -2.47. The molecule has 2 aromatic heterocycles. The minimum atomic E-state index is -0.481. The maximum Gasteiger partial charge on any atom is 0.271 e. The second-order valence-corrected chi connectivity index (χ2v) is 4.16. The van der Waals surface area contributed by atoms with E-state index in [9.17, 15) is 10.1 Å². The fraction of sp³-hybridized carbons (Fsp3) is 0. The first-order valence-corrected chi connectivity index (χ1v) is 5.69. The van der Waals surface area contributed by atoms with E-state index in [-0.39, 0.29) is 11.6 Å².